The van der Waals surface area contributed by atoms with Crippen LogP contribution in [-0.2, 0) is 9.09 Å². The van der Waals surface area contributed by atoms with Gasteiger partial charge in [0.15, 0.2) is 0 Å². The summed E-state index contributed by atoms with van der Waals surface area (Å²) in [6, 6.07) is 5.99. The molecule has 1 aliphatic carbocycles. The summed E-state index contributed by atoms with van der Waals surface area (Å²) in [5.41, 5.74) is 2.07. The molecule has 0 amide bonds. The molecule has 6 heteroatoms. The molecule has 5 nitrogen and oxygen atoms in total. The van der Waals surface area contributed by atoms with E-state index in [-0.39, 0.29) is 11.8 Å². The van der Waals surface area contributed by atoms with Gasteiger partial charge in [0.05, 0.1) is 0 Å². The minimum absolute atomic E-state index is 0.251. The Bertz CT molecular complexity index is 546. The van der Waals surface area contributed by atoms with Gasteiger partial charge in [0.25, 0.3) is 0 Å². The van der Waals surface area contributed by atoms with E-state index >= 15 is 0 Å². The first-order valence-electron chi connectivity index (χ1n) is 7.72. The number of benzene rings is 1. The van der Waals surface area contributed by atoms with Crippen molar-refractivity contribution < 1.29 is 23.6 Å². The summed E-state index contributed by atoms with van der Waals surface area (Å²) in [6.45, 7) is 8.29. The Labute approximate surface area is 131 Å². The zero-order valence-corrected chi connectivity index (χ0v) is 14.5. The molecule has 0 atom stereocenters. The molecule has 1 aromatic carbocycles. The fraction of sp³-hybridized carbons (Fsp3) is 0.625. The molecule has 0 bridgehead atoms. The molecule has 1 fully saturated rings. The number of para-hydroxylation sites is 1. The first-order valence-corrected chi connectivity index (χ1v) is 9.25. The zero-order valence-electron chi connectivity index (χ0n) is 13.6. The van der Waals surface area contributed by atoms with Crippen LogP contribution in [0.2, 0.25) is 0 Å². The van der Waals surface area contributed by atoms with E-state index in [1.54, 1.807) is 0 Å². The predicted molar refractivity (Wildman–Crippen MR) is 85.0 cm³/mol. The third kappa shape index (κ3) is 3.90. The molecular formula is C16H25O5P. The van der Waals surface area contributed by atoms with E-state index in [2.05, 4.69) is 27.7 Å². The van der Waals surface area contributed by atoms with Crippen LogP contribution in [0.25, 0.3) is 0 Å². The van der Waals surface area contributed by atoms with Gasteiger partial charge in [0.1, 0.15) is 5.75 Å². The highest BCUT2D eigenvalue weighted by Gasteiger charge is 2.46. The molecule has 2 rings (SSSR count). The van der Waals surface area contributed by atoms with Gasteiger partial charge < -0.3 is 14.5 Å². The van der Waals surface area contributed by atoms with Gasteiger partial charge in [-0.25, -0.2) is 9.09 Å². The van der Waals surface area contributed by atoms with Crippen molar-refractivity contribution in [3.8, 4) is 5.75 Å². The van der Waals surface area contributed by atoms with Gasteiger partial charge >= 0.3 is 7.82 Å². The maximum Gasteiger partial charge on any atom is 0.472 e. The smallest absolute Gasteiger partial charge is 0.461 e. The van der Waals surface area contributed by atoms with E-state index in [1.807, 2.05) is 18.2 Å². The average molecular weight is 328 g/mol. The summed E-state index contributed by atoms with van der Waals surface area (Å²) in [5, 5.41) is 0. The molecule has 0 radical (unpaired) electrons. The molecule has 1 saturated carbocycles. The van der Waals surface area contributed by atoms with E-state index < -0.39 is 13.6 Å². The van der Waals surface area contributed by atoms with Crippen molar-refractivity contribution in [1.29, 1.82) is 0 Å². The lowest BCUT2D eigenvalue weighted by molar-refractivity contribution is -0.179. The van der Waals surface area contributed by atoms with Crippen LogP contribution in [0.5, 0.6) is 5.75 Å². The van der Waals surface area contributed by atoms with Crippen LogP contribution in [0.1, 0.15) is 69.9 Å². The second-order valence-electron chi connectivity index (χ2n) is 6.52. The van der Waals surface area contributed by atoms with Crippen LogP contribution < -0.4 is 4.74 Å². The number of phosphoric ester groups is 1. The summed E-state index contributed by atoms with van der Waals surface area (Å²) < 4.78 is 22.3. The molecule has 0 aromatic heterocycles. The Morgan fingerprint density at radius 3 is 1.91 bits per heavy atom. The SMILES string of the molecule is CC(C)c1cccc(C(C)C)c1OC1(OP(=O)(O)O)CCC1. The molecule has 1 aromatic rings. The molecule has 2 N–H and O–H groups in total. The third-order valence-corrected chi connectivity index (χ3v) is 4.58. The Kier molecular flexibility index (Phi) is 5.03. The van der Waals surface area contributed by atoms with Crippen LogP contribution >= 0.6 is 7.82 Å². The first kappa shape index (κ1) is 17.5. The predicted octanol–water partition coefficient (Wildman–Crippen LogP) is 4.30. The summed E-state index contributed by atoms with van der Waals surface area (Å²) in [5.74, 6) is 0.00984. The van der Waals surface area contributed by atoms with Crippen molar-refractivity contribution in [1.82, 2.24) is 0 Å². The van der Waals surface area contributed by atoms with Crippen molar-refractivity contribution in [3.05, 3.63) is 29.3 Å². The maximum absolute atomic E-state index is 11.3. The topological polar surface area (TPSA) is 76.0 Å². The maximum atomic E-state index is 11.3. The normalized spacial score (nSPS) is 17.6. The second kappa shape index (κ2) is 6.32. The van der Waals surface area contributed by atoms with E-state index in [9.17, 15) is 4.57 Å². The van der Waals surface area contributed by atoms with Crippen LogP contribution in [0.15, 0.2) is 18.2 Å². The molecule has 0 heterocycles. The standard InChI is InChI=1S/C16H25O5P/c1-11(2)13-7-5-8-14(12(3)4)15(13)20-16(9-6-10-16)21-22(17,18)19/h5,7-8,11-12H,6,9-10H2,1-4H3,(H2,17,18,19). The van der Waals surface area contributed by atoms with Gasteiger partial charge in [-0.3, -0.25) is 0 Å². The molecular weight excluding hydrogens is 303 g/mol. The van der Waals surface area contributed by atoms with E-state index in [0.29, 0.717) is 18.6 Å². The Hall–Kier alpha value is -0.870. The Morgan fingerprint density at radius 2 is 1.59 bits per heavy atom. The van der Waals surface area contributed by atoms with Gasteiger partial charge in [-0.15, -0.1) is 0 Å². The minimum atomic E-state index is -4.59. The number of phosphoric acid groups is 1. The van der Waals surface area contributed by atoms with Crippen molar-refractivity contribution >= 4 is 7.82 Å². The lowest BCUT2D eigenvalue weighted by Crippen LogP contribution is -2.45. The van der Waals surface area contributed by atoms with Crippen LogP contribution in [0.4, 0.5) is 0 Å². The number of hydrogen-bond donors (Lipinski definition) is 2. The first-order chi connectivity index (χ1) is 10.1. The third-order valence-electron chi connectivity index (χ3n) is 4.01. The number of rotatable bonds is 6. The lowest BCUT2D eigenvalue weighted by Gasteiger charge is -2.42. The quantitative estimate of drug-likeness (QED) is 0.601. The molecule has 0 spiro atoms. The summed E-state index contributed by atoms with van der Waals surface area (Å²) in [4.78, 5) is 18.3. The summed E-state index contributed by atoms with van der Waals surface area (Å²) in [7, 11) is -4.59. The molecule has 124 valence electrons. The number of ether oxygens (including phenoxy) is 1. The van der Waals surface area contributed by atoms with Gasteiger partial charge in [-0.1, -0.05) is 45.9 Å². The van der Waals surface area contributed by atoms with Gasteiger partial charge in [-0.05, 0) is 29.4 Å². The van der Waals surface area contributed by atoms with Crippen molar-refractivity contribution in [2.24, 2.45) is 0 Å². The highest BCUT2D eigenvalue weighted by molar-refractivity contribution is 7.46. The highest BCUT2D eigenvalue weighted by Crippen LogP contribution is 2.51. The Balaban J connectivity index is 2.40. The second-order valence-corrected chi connectivity index (χ2v) is 7.69. The fourth-order valence-corrected chi connectivity index (χ4v) is 3.33. The zero-order chi connectivity index (χ0) is 16.5. The molecule has 0 unspecified atom stereocenters. The van der Waals surface area contributed by atoms with E-state index in [0.717, 1.165) is 17.5 Å². The van der Waals surface area contributed by atoms with Crippen LogP contribution in [0.3, 0.4) is 0 Å². The summed E-state index contributed by atoms with van der Waals surface area (Å²) >= 11 is 0. The summed E-state index contributed by atoms with van der Waals surface area (Å²) in [6.07, 6.45) is 1.81. The Morgan fingerprint density at radius 1 is 1.09 bits per heavy atom. The fourth-order valence-electron chi connectivity index (χ4n) is 2.68. The van der Waals surface area contributed by atoms with Crippen LogP contribution in [-0.4, -0.2) is 15.6 Å². The minimum Gasteiger partial charge on any atom is -0.461 e. The van der Waals surface area contributed by atoms with Crippen molar-refractivity contribution in [3.63, 3.8) is 0 Å². The molecule has 0 aliphatic heterocycles. The lowest BCUT2D eigenvalue weighted by atomic mass is 9.89. The van der Waals surface area contributed by atoms with Crippen molar-refractivity contribution in [2.45, 2.75) is 64.6 Å². The molecule has 22 heavy (non-hydrogen) atoms. The van der Waals surface area contributed by atoms with Crippen molar-refractivity contribution in [2.75, 3.05) is 0 Å². The average Bonchev–Trinajstić information content (AvgIpc) is 2.34. The van der Waals surface area contributed by atoms with Gasteiger partial charge in [0.2, 0.25) is 5.79 Å². The number of hydrogen-bond acceptors (Lipinski definition) is 3. The van der Waals surface area contributed by atoms with Crippen LogP contribution in [0, 0.1) is 0 Å². The largest absolute Gasteiger partial charge is 0.472 e. The van der Waals surface area contributed by atoms with Gasteiger partial charge in [-0.2, -0.15) is 0 Å². The molecule has 0 saturated heterocycles. The monoisotopic (exact) mass is 328 g/mol. The van der Waals surface area contributed by atoms with E-state index in [1.165, 1.54) is 0 Å². The van der Waals surface area contributed by atoms with Gasteiger partial charge in [0, 0.05) is 12.8 Å². The van der Waals surface area contributed by atoms with E-state index in [4.69, 9.17) is 19.0 Å². The highest BCUT2D eigenvalue weighted by atomic mass is 31.2. The molecule has 1 aliphatic rings.